The van der Waals surface area contributed by atoms with Crippen LogP contribution in [0.3, 0.4) is 0 Å². The van der Waals surface area contributed by atoms with Gasteiger partial charge in [0.2, 0.25) is 0 Å². The predicted octanol–water partition coefficient (Wildman–Crippen LogP) is 5.87. The van der Waals surface area contributed by atoms with Crippen molar-refractivity contribution in [3.05, 3.63) is 96.6 Å². The van der Waals surface area contributed by atoms with E-state index in [0.717, 1.165) is 6.42 Å². The summed E-state index contributed by atoms with van der Waals surface area (Å²) in [5, 5.41) is 2.61. The minimum Gasteiger partial charge on any atom is -0.377 e. The first kappa shape index (κ1) is 15.5. The zero-order valence-electron chi connectivity index (χ0n) is 13.5. The van der Waals surface area contributed by atoms with Crippen LogP contribution < -0.4 is 0 Å². The Morgan fingerprint density at radius 2 is 1.48 bits per heavy atom. The van der Waals surface area contributed by atoms with E-state index in [0.29, 0.717) is 5.92 Å². The molecule has 1 nitrogen and oxygen atoms in total. The number of rotatable bonds is 2. The van der Waals surface area contributed by atoms with Crippen LogP contribution in [0.1, 0.15) is 35.1 Å². The highest BCUT2D eigenvalue weighted by Gasteiger charge is 2.31. The van der Waals surface area contributed by atoms with E-state index in [1.807, 2.05) is 7.11 Å². The van der Waals surface area contributed by atoms with Gasteiger partial charge in [-0.15, -0.1) is 13.2 Å². The van der Waals surface area contributed by atoms with Crippen LogP contribution in [0.15, 0.2) is 79.9 Å². The maximum Gasteiger partial charge on any atom is 0.0833 e. The molecule has 0 aromatic heterocycles. The predicted molar refractivity (Wildman–Crippen MR) is 97.9 cm³/mol. The van der Waals surface area contributed by atoms with Crippen LogP contribution in [0.5, 0.6) is 0 Å². The van der Waals surface area contributed by atoms with Crippen LogP contribution in [0.2, 0.25) is 0 Å². The molecule has 0 aliphatic heterocycles. The summed E-state index contributed by atoms with van der Waals surface area (Å²) in [7, 11) is 1.81. The van der Waals surface area contributed by atoms with Crippen LogP contribution in [-0.2, 0) is 4.74 Å². The van der Waals surface area contributed by atoms with Crippen LogP contribution in [0, 0.1) is 0 Å². The molecule has 0 N–H and O–H groups in total. The van der Waals surface area contributed by atoms with Crippen molar-refractivity contribution in [2.45, 2.75) is 18.4 Å². The first-order valence-electron chi connectivity index (χ1n) is 7.97. The van der Waals surface area contributed by atoms with E-state index in [2.05, 4.69) is 79.9 Å². The molecule has 2 unspecified atom stereocenters. The highest BCUT2D eigenvalue weighted by molar-refractivity contribution is 5.83. The molecule has 4 rings (SSSR count). The first-order chi connectivity index (χ1) is 11.4. The summed E-state index contributed by atoms with van der Waals surface area (Å²) in [6.45, 7) is 6.00. The molecule has 2 atom stereocenters. The van der Waals surface area contributed by atoms with E-state index < -0.39 is 0 Å². The summed E-state index contributed by atoms with van der Waals surface area (Å²) < 4.78 is 5.68. The highest BCUT2D eigenvalue weighted by Crippen LogP contribution is 2.45. The number of ether oxygens (including phenoxy) is 1. The number of methoxy groups -OCH3 is 1. The molecule has 0 fully saturated rings. The van der Waals surface area contributed by atoms with Gasteiger partial charge in [0.1, 0.15) is 0 Å². The lowest BCUT2D eigenvalue weighted by molar-refractivity contribution is 0.102. The lowest BCUT2D eigenvalue weighted by atomic mass is 9.91. The van der Waals surface area contributed by atoms with E-state index in [9.17, 15) is 0 Å². The second-order valence-electron chi connectivity index (χ2n) is 5.75. The molecule has 116 valence electrons. The van der Waals surface area contributed by atoms with Gasteiger partial charge in [-0.2, -0.15) is 0 Å². The van der Waals surface area contributed by atoms with Gasteiger partial charge in [0, 0.05) is 13.0 Å². The second kappa shape index (κ2) is 6.80. The topological polar surface area (TPSA) is 9.23 Å². The van der Waals surface area contributed by atoms with Crippen molar-refractivity contribution in [2.24, 2.45) is 0 Å². The molecule has 0 heterocycles. The summed E-state index contributed by atoms with van der Waals surface area (Å²) in [4.78, 5) is 0. The van der Waals surface area contributed by atoms with Gasteiger partial charge in [-0.25, -0.2) is 0 Å². The quantitative estimate of drug-likeness (QED) is 0.538. The summed E-state index contributed by atoms with van der Waals surface area (Å²) in [6.07, 6.45) is 1.26. The standard InChI is InChI=1S/C20H18O.C2H4/c1-21-20-13-19(17-8-4-5-9-18(17)20)16-11-10-14-6-2-3-7-15(14)12-16;1-2/h2-12,19-20H,13H2,1H3;1-2H2. The zero-order valence-corrected chi connectivity index (χ0v) is 13.5. The van der Waals surface area contributed by atoms with Crippen LogP contribution in [0.4, 0.5) is 0 Å². The van der Waals surface area contributed by atoms with Crippen molar-refractivity contribution >= 4 is 10.8 Å². The molecular formula is C22H22O. The van der Waals surface area contributed by atoms with E-state index in [1.165, 1.54) is 27.5 Å². The van der Waals surface area contributed by atoms with Crippen molar-refractivity contribution in [1.82, 2.24) is 0 Å². The fourth-order valence-corrected chi connectivity index (χ4v) is 3.55. The Labute approximate surface area is 138 Å². The van der Waals surface area contributed by atoms with Crippen molar-refractivity contribution in [3.63, 3.8) is 0 Å². The average molecular weight is 302 g/mol. The Hall–Kier alpha value is -2.38. The summed E-state index contributed by atoms with van der Waals surface area (Å²) >= 11 is 0. The summed E-state index contributed by atoms with van der Waals surface area (Å²) in [5.74, 6) is 0.441. The van der Waals surface area contributed by atoms with Gasteiger partial charge in [-0.1, -0.05) is 66.7 Å². The Morgan fingerprint density at radius 1 is 0.826 bits per heavy atom. The average Bonchev–Trinajstić information content (AvgIpc) is 3.02. The Kier molecular flexibility index (Phi) is 4.59. The van der Waals surface area contributed by atoms with Gasteiger partial charge >= 0.3 is 0 Å². The van der Waals surface area contributed by atoms with E-state index in [1.54, 1.807) is 0 Å². The van der Waals surface area contributed by atoms with Crippen LogP contribution >= 0.6 is 0 Å². The Balaban J connectivity index is 0.000000753. The number of hydrogen-bond donors (Lipinski definition) is 0. The number of benzene rings is 3. The van der Waals surface area contributed by atoms with E-state index >= 15 is 0 Å². The molecule has 3 aromatic carbocycles. The smallest absolute Gasteiger partial charge is 0.0833 e. The molecule has 23 heavy (non-hydrogen) atoms. The van der Waals surface area contributed by atoms with E-state index in [4.69, 9.17) is 4.74 Å². The normalized spacial score (nSPS) is 19.0. The fourth-order valence-electron chi connectivity index (χ4n) is 3.55. The third kappa shape index (κ3) is 2.80. The molecule has 0 amide bonds. The largest absolute Gasteiger partial charge is 0.377 e. The van der Waals surface area contributed by atoms with Crippen LogP contribution in [-0.4, -0.2) is 7.11 Å². The molecule has 0 saturated heterocycles. The van der Waals surface area contributed by atoms with Gasteiger partial charge in [-0.05, 0) is 33.9 Å². The van der Waals surface area contributed by atoms with Crippen molar-refractivity contribution in [2.75, 3.05) is 7.11 Å². The number of fused-ring (bicyclic) bond motifs is 2. The molecule has 1 heteroatoms. The first-order valence-corrected chi connectivity index (χ1v) is 7.97. The molecule has 3 aromatic rings. The molecule has 0 saturated carbocycles. The van der Waals surface area contributed by atoms with Crippen molar-refractivity contribution in [1.29, 1.82) is 0 Å². The van der Waals surface area contributed by atoms with Gasteiger partial charge in [0.15, 0.2) is 0 Å². The lowest BCUT2D eigenvalue weighted by Crippen LogP contribution is -1.97. The molecule has 0 bridgehead atoms. The second-order valence-corrected chi connectivity index (χ2v) is 5.75. The molecular weight excluding hydrogens is 280 g/mol. The monoisotopic (exact) mass is 302 g/mol. The zero-order chi connectivity index (χ0) is 16.2. The maximum absolute atomic E-state index is 5.68. The minimum absolute atomic E-state index is 0.220. The van der Waals surface area contributed by atoms with Crippen molar-refractivity contribution < 1.29 is 4.74 Å². The fraction of sp³-hybridized carbons (Fsp3) is 0.182. The summed E-state index contributed by atoms with van der Waals surface area (Å²) in [5.41, 5.74) is 4.15. The minimum atomic E-state index is 0.220. The van der Waals surface area contributed by atoms with Gasteiger partial charge < -0.3 is 4.74 Å². The summed E-state index contributed by atoms with van der Waals surface area (Å²) in [6, 6.07) is 24.1. The lowest BCUT2D eigenvalue weighted by Gasteiger charge is -2.13. The Morgan fingerprint density at radius 3 is 2.22 bits per heavy atom. The SMILES string of the molecule is C=C.COC1CC(c2ccc3ccccc3c2)c2ccccc21. The van der Waals surface area contributed by atoms with Gasteiger partial charge in [-0.3, -0.25) is 0 Å². The highest BCUT2D eigenvalue weighted by atomic mass is 16.5. The van der Waals surface area contributed by atoms with Gasteiger partial charge in [0.05, 0.1) is 6.10 Å². The van der Waals surface area contributed by atoms with E-state index in [-0.39, 0.29) is 6.10 Å². The number of hydrogen-bond acceptors (Lipinski definition) is 1. The van der Waals surface area contributed by atoms with Crippen LogP contribution in [0.25, 0.3) is 10.8 Å². The molecule has 0 radical (unpaired) electrons. The Bertz CT molecular complexity index is 806. The molecule has 1 aliphatic carbocycles. The maximum atomic E-state index is 5.68. The molecule has 0 spiro atoms. The third-order valence-electron chi connectivity index (χ3n) is 4.63. The van der Waals surface area contributed by atoms with Crippen molar-refractivity contribution in [3.8, 4) is 0 Å². The molecule has 1 aliphatic rings. The van der Waals surface area contributed by atoms with Gasteiger partial charge in [0.25, 0.3) is 0 Å². The third-order valence-corrected chi connectivity index (χ3v) is 4.63.